The fourth-order valence-electron chi connectivity index (χ4n) is 1.95. The summed E-state index contributed by atoms with van der Waals surface area (Å²) in [5, 5.41) is 8.68. The molecular formula is C15H22N4O. The summed E-state index contributed by atoms with van der Waals surface area (Å²) < 4.78 is 0. The number of benzene rings is 1. The van der Waals surface area contributed by atoms with E-state index in [1.807, 2.05) is 24.3 Å². The minimum Gasteiger partial charge on any atom is -0.296 e. The van der Waals surface area contributed by atoms with E-state index in [1.165, 1.54) is 5.56 Å². The van der Waals surface area contributed by atoms with Gasteiger partial charge in [0, 0.05) is 25.6 Å². The lowest BCUT2D eigenvalue weighted by Gasteiger charge is -2.25. The highest BCUT2D eigenvalue weighted by Gasteiger charge is 2.10. The molecule has 0 aliphatic carbocycles. The molecule has 0 atom stereocenters. The van der Waals surface area contributed by atoms with Crippen LogP contribution >= 0.6 is 0 Å². The van der Waals surface area contributed by atoms with Crippen LogP contribution in [0.5, 0.6) is 0 Å². The number of nitrogens with two attached hydrogens (primary N) is 1. The Morgan fingerprint density at radius 2 is 1.95 bits per heavy atom. The number of hydrazine groups is 1. The molecule has 0 fully saturated rings. The summed E-state index contributed by atoms with van der Waals surface area (Å²) in [6.45, 7) is 5.82. The average Bonchev–Trinajstić information content (AvgIpc) is 2.44. The van der Waals surface area contributed by atoms with Crippen molar-refractivity contribution in [1.82, 2.24) is 10.3 Å². The van der Waals surface area contributed by atoms with Gasteiger partial charge >= 0.3 is 0 Å². The third-order valence-corrected chi connectivity index (χ3v) is 3.18. The van der Waals surface area contributed by atoms with Crippen molar-refractivity contribution in [2.45, 2.75) is 39.3 Å². The van der Waals surface area contributed by atoms with Gasteiger partial charge in [-0.05, 0) is 25.0 Å². The highest BCUT2D eigenvalue weighted by molar-refractivity contribution is 5.77. The maximum absolute atomic E-state index is 11.2. The van der Waals surface area contributed by atoms with Crippen molar-refractivity contribution in [3.8, 4) is 6.07 Å². The Morgan fingerprint density at radius 3 is 2.45 bits per heavy atom. The summed E-state index contributed by atoms with van der Waals surface area (Å²) in [7, 11) is 0. The van der Waals surface area contributed by atoms with E-state index in [-0.39, 0.29) is 5.91 Å². The fraction of sp³-hybridized carbons (Fsp3) is 0.467. The third-order valence-electron chi connectivity index (χ3n) is 3.18. The van der Waals surface area contributed by atoms with Gasteiger partial charge in [-0.1, -0.05) is 24.3 Å². The van der Waals surface area contributed by atoms with E-state index in [4.69, 9.17) is 11.1 Å². The van der Waals surface area contributed by atoms with E-state index >= 15 is 0 Å². The first-order valence-corrected chi connectivity index (χ1v) is 6.75. The van der Waals surface area contributed by atoms with Crippen molar-refractivity contribution < 1.29 is 4.79 Å². The first kappa shape index (κ1) is 16.2. The first-order chi connectivity index (χ1) is 9.56. The van der Waals surface area contributed by atoms with E-state index in [9.17, 15) is 4.79 Å². The van der Waals surface area contributed by atoms with Gasteiger partial charge < -0.3 is 0 Å². The number of hydrogen-bond donors (Lipinski definition) is 2. The number of amides is 1. The quantitative estimate of drug-likeness (QED) is 0.446. The molecule has 0 saturated carbocycles. The fourth-order valence-corrected chi connectivity index (χ4v) is 1.95. The molecule has 0 spiro atoms. The van der Waals surface area contributed by atoms with Gasteiger partial charge in [0.15, 0.2) is 0 Å². The molecule has 0 saturated heterocycles. The molecule has 1 aromatic rings. The molecule has 0 radical (unpaired) electrons. The molecule has 5 nitrogen and oxygen atoms in total. The molecule has 0 aliphatic rings. The second-order valence-corrected chi connectivity index (χ2v) is 5.03. The number of carbonyl (C=O) groups is 1. The van der Waals surface area contributed by atoms with Crippen LogP contribution in [0.3, 0.4) is 0 Å². The van der Waals surface area contributed by atoms with Crippen LogP contribution in [0.15, 0.2) is 24.3 Å². The Balaban J connectivity index is 2.63. The molecule has 0 bridgehead atoms. The molecule has 0 unspecified atom stereocenters. The summed E-state index contributed by atoms with van der Waals surface area (Å²) in [4.78, 5) is 13.4. The Morgan fingerprint density at radius 1 is 1.35 bits per heavy atom. The molecular weight excluding hydrogens is 252 g/mol. The van der Waals surface area contributed by atoms with E-state index < -0.39 is 0 Å². The molecule has 1 rings (SSSR count). The zero-order valence-electron chi connectivity index (χ0n) is 12.1. The molecule has 1 amide bonds. The van der Waals surface area contributed by atoms with Crippen molar-refractivity contribution in [1.29, 1.82) is 5.26 Å². The second-order valence-electron chi connectivity index (χ2n) is 5.03. The average molecular weight is 274 g/mol. The van der Waals surface area contributed by atoms with E-state index in [1.54, 1.807) is 0 Å². The summed E-state index contributed by atoms with van der Waals surface area (Å²) in [5.41, 5.74) is 4.23. The zero-order chi connectivity index (χ0) is 15.0. The zero-order valence-corrected chi connectivity index (χ0v) is 12.1. The van der Waals surface area contributed by atoms with Gasteiger partial charge in [0.1, 0.15) is 0 Å². The Bertz CT molecular complexity index is 462. The summed E-state index contributed by atoms with van der Waals surface area (Å²) in [6, 6.07) is 10.5. The highest BCUT2D eigenvalue weighted by atomic mass is 16.2. The van der Waals surface area contributed by atoms with Gasteiger partial charge in [-0.2, -0.15) is 5.26 Å². The minimum absolute atomic E-state index is 0.199. The van der Waals surface area contributed by atoms with Gasteiger partial charge in [0.05, 0.1) is 12.5 Å². The molecule has 5 heteroatoms. The van der Waals surface area contributed by atoms with Crippen LogP contribution in [0, 0.1) is 11.3 Å². The maximum Gasteiger partial charge on any atom is 0.238 e. The van der Waals surface area contributed by atoms with Crippen LogP contribution in [0.1, 0.15) is 31.4 Å². The van der Waals surface area contributed by atoms with Gasteiger partial charge in [-0.3, -0.25) is 15.1 Å². The van der Waals surface area contributed by atoms with Crippen LogP contribution in [0.2, 0.25) is 0 Å². The van der Waals surface area contributed by atoms with Crippen molar-refractivity contribution >= 4 is 5.91 Å². The van der Waals surface area contributed by atoms with Gasteiger partial charge in [0.25, 0.3) is 0 Å². The molecule has 20 heavy (non-hydrogen) atoms. The summed E-state index contributed by atoms with van der Waals surface area (Å²) in [5.74, 6) is 4.86. The summed E-state index contributed by atoms with van der Waals surface area (Å²) >= 11 is 0. The molecule has 0 aromatic heterocycles. The molecule has 3 N–H and O–H groups in total. The summed E-state index contributed by atoms with van der Waals surface area (Å²) in [6.07, 6.45) is 0.825. The monoisotopic (exact) mass is 274 g/mol. The normalized spacial score (nSPS) is 10.6. The van der Waals surface area contributed by atoms with Gasteiger partial charge in [0.2, 0.25) is 5.91 Å². The first-order valence-electron chi connectivity index (χ1n) is 6.75. The van der Waals surface area contributed by atoms with Gasteiger partial charge in [-0.25, -0.2) is 5.84 Å². The van der Waals surface area contributed by atoms with Crippen LogP contribution in [-0.2, 0) is 17.8 Å². The lowest BCUT2D eigenvalue weighted by atomic mass is 10.1. The number of carbonyl (C=O) groups excluding carboxylic acids is 1. The number of rotatable bonds is 7. The highest BCUT2D eigenvalue weighted by Crippen LogP contribution is 2.11. The molecule has 1 aromatic carbocycles. The van der Waals surface area contributed by atoms with Crippen molar-refractivity contribution in [3.05, 3.63) is 35.4 Å². The Hall–Kier alpha value is -1.90. The minimum atomic E-state index is -0.199. The molecule has 0 aliphatic heterocycles. The Kier molecular flexibility index (Phi) is 6.71. The second kappa shape index (κ2) is 8.31. The van der Waals surface area contributed by atoms with Gasteiger partial charge in [-0.15, -0.1) is 0 Å². The number of nitriles is 1. The topological polar surface area (TPSA) is 82.2 Å². The van der Waals surface area contributed by atoms with Crippen LogP contribution < -0.4 is 11.3 Å². The standard InChI is InChI=1S/C15H22N4O/c1-12(2)19(9-3-8-16)11-14-6-4-13(5-7-14)10-15(20)18-17/h4-7,12H,3,9-11,17H2,1-2H3,(H,18,20). The van der Waals surface area contributed by atoms with Crippen LogP contribution in [-0.4, -0.2) is 23.4 Å². The van der Waals surface area contributed by atoms with Crippen molar-refractivity contribution in [2.24, 2.45) is 5.84 Å². The van der Waals surface area contributed by atoms with Crippen LogP contribution in [0.25, 0.3) is 0 Å². The predicted octanol–water partition coefficient (Wildman–Crippen LogP) is 1.34. The van der Waals surface area contributed by atoms with Crippen molar-refractivity contribution in [3.63, 3.8) is 0 Å². The molecule has 0 heterocycles. The number of nitrogens with one attached hydrogen (secondary N) is 1. The largest absolute Gasteiger partial charge is 0.296 e. The lowest BCUT2D eigenvalue weighted by Crippen LogP contribution is -2.31. The maximum atomic E-state index is 11.2. The number of nitrogens with zero attached hydrogens (tertiary/aromatic N) is 2. The predicted molar refractivity (Wildman–Crippen MR) is 78.3 cm³/mol. The van der Waals surface area contributed by atoms with Crippen LogP contribution in [0.4, 0.5) is 0 Å². The van der Waals surface area contributed by atoms with Crippen molar-refractivity contribution in [2.75, 3.05) is 6.54 Å². The Labute approximate surface area is 120 Å². The molecule has 108 valence electrons. The smallest absolute Gasteiger partial charge is 0.238 e. The van der Waals surface area contributed by atoms with E-state index in [0.29, 0.717) is 18.9 Å². The third kappa shape index (κ3) is 5.39. The van der Waals surface area contributed by atoms with E-state index in [0.717, 1.165) is 18.7 Å². The lowest BCUT2D eigenvalue weighted by molar-refractivity contribution is -0.120. The van der Waals surface area contributed by atoms with E-state index in [2.05, 4.69) is 30.2 Å². The SMILES string of the molecule is CC(C)N(CCC#N)Cc1ccc(CC(=O)NN)cc1. The number of hydrogen-bond acceptors (Lipinski definition) is 4.